The predicted molar refractivity (Wildman–Crippen MR) is 124 cm³/mol. The summed E-state index contributed by atoms with van der Waals surface area (Å²) < 4.78 is 0. The first-order chi connectivity index (χ1) is 15.8. The van der Waals surface area contributed by atoms with Crippen molar-refractivity contribution in [2.45, 2.75) is 38.6 Å². The van der Waals surface area contributed by atoms with Crippen LogP contribution in [0.3, 0.4) is 0 Å². The summed E-state index contributed by atoms with van der Waals surface area (Å²) in [5, 5.41) is 20.4. The van der Waals surface area contributed by atoms with Crippen LogP contribution in [0.5, 0.6) is 0 Å². The maximum atomic E-state index is 4.40. The number of pyridine rings is 1. The summed E-state index contributed by atoms with van der Waals surface area (Å²) in [5.74, 6) is 0.595. The molecule has 0 atom stereocenters. The summed E-state index contributed by atoms with van der Waals surface area (Å²) in [6.07, 6.45) is 8.83. The van der Waals surface area contributed by atoms with Crippen molar-refractivity contribution in [3.63, 3.8) is 0 Å². The average molecular weight is 427 g/mol. The zero-order valence-electron chi connectivity index (χ0n) is 18.1. The Morgan fingerprint density at radius 2 is 1.97 bits per heavy atom. The number of piperidine rings is 1. The quantitative estimate of drug-likeness (QED) is 0.392. The van der Waals surface area contributed by atoms with Gasteiger partial charge in [-0.05, 0) is 67.6 Å². The normalized spacial score (nSPS) is 15.8. The van der Waals surface area contributed by atoms with Gasteiger partial charge < -0.3 is 4.98 Å². The lowest BCUT2D eigenvalue weighted by Crippen LogP contribution is -2.32. The molecule has 0 saturated carbocycles. The zero-order valence-corrected chi connectivity index (χ0v) is 18.1. The largest absolute Gasteiger partial charge is 0.354 e. The number of aryl methyl sites for hydroxylation is 1. The van der Waals surface area contributed by atoms with Crippen LogP contribution in [0.25, 0.3) is 33.2 Å². The second-order valence-electron chi connectivity index (χ2n) is 8.64. The molecule has 8 heteroatoms. The Labute approximate surface area is 185 Å². The number of hydrogen-bond acceptors (Lipinski definition) is 5. The fraction of sp³-hybridized carbons (Fsp3) is 0.333. The van der Waals surface area contributed by atoms with E-state index < -0.39 is 0 Å². The van der Waals surface area contributed by atoms with Crippen LogP contribution in [0.2, 0.25) is 0 Å². The van der Waals surface area contributed by atoms with E-state index in [-0.39, 0.29) is 0 Å². The molecule has 162 valence electrons. The molecule has 1 fully saturated rings. The molecule has 0 bridgehead atoms. The van der Waals surface area contributed by atoms with Crippen molar-refractivity contribution >= 4 is 21.9 Å². The van der Waals surface area contributed by atoms with Gasteiger partial charge in [-0.2, -0.15) is 20.5 Å². The molecule has 1 aliphatic heterocycles. The Morgan fingerprint density at radius 1 is 1.06 bits per heavy atom. The van der Waals surface area contributed by atoms with Gasteiger partial charge in [0.15, 0.2) is 5.65 Å². The summed E-state index contributed by atoms with van der Waals surface area (Å²) in [7, 11) is 0. The zero-order chi connectivity index (χ0) is 21.5. The first kappa shape index (κ1) is 19.2. The first-order valence-corrected chi connectivity index (χ1v) is 11.3. The minimum atomic E-state index is 0.595. The van der Waals surface area contributed by atoms with Crippen molar-refractivity contribution in [1.82, 2.24) is 40.5 Å². The van der Waals surface area contributed by atoms with Crippen LogP contribution in [0.1, 0.15) is 42.5 Å². The van der Waals surface area contributed by atoms with Crippen LogP contribution in [-0.4, -0.2) is 53.6 Å². The number of benzene rings is 1. The minimum Gasteiger partial charge on any atom is -0.354 e. The van der Waals surface area contributed by atoms with Gasteiger partial charge >= 0.3 is 0 Å². The topological polar surface area (TPSA) is 102 Å². The molecule has 0 aliphatic carbocycles. The number of nitrogens with one attached hydrogen (secondary N) is 3. The van der Waals surface area contributed by atoms with Crippen molar-refractivity contribution < 1.29 is 0 Å². The van der Waals surface area contributed by atoms with Gasteiger partial charge in [0, 0.05) is 34.6 Å². The van der Waals surface area contributed by atoms with Gasteiger partial charge in [-0.25, -0.2) is 4.98 Å². The van der Waals surface area contributed by atoms with Crippen LogP contribution >= 0.6 is 0 Å². The van der Waals surface area contributed by atoms with Crippen LogP contribution in [-0.2, 0) is 13.0 Å². The number of rotatable bonds is 5. The van der Waals surface area contributed by atoms with Crippen molar-refractivity contribution in [3.05, 3.63) is 59.7 Å². The van der Waals surface area contributed by atoms with Crippen LogP contribution in [0, 0.1) is 0 Å². The Kier molecular flexibility index (Phi) is 4.72. The van der Waals surface area contributed by atoms with E-state index in [0.29, 0.717) is 5.92 Å². The third-order valence-electron chi connectivity index (χ3n) is 6.82. The van der Waals surface area contributed by atoms with E-state index in [9.17, 15) is 0 Å². The molecule has 3 N–H and O–H groups in total. The fourth-order valence-electron chi connectivity index (χ4n) is 5.14. The molecule has 5 heterocycles. The second kappa shape index (κ2) is 7.87. The van der Waals surface area contributed by atoms with E-state index in [1.165, 1.54) is 40.6 Å². The molecule has 5 aromatic rings. The van der Waals surface area contributed by atoms with E-state index in [1.807, 2.05) is 18.6 Å². The Morgan fingerprint density at radius 3 is 2.78 bits per heavy atom. The maximum Gasteiger partial charge on any atom is 0.155 e. The molecular weight excluding hydrogens is 400 g/mol. The molecule has 1 aliphatic rings. The lowest BCUT2D eigenvalue weighted by atomic mass is 9.88. The molecule has 6 rings (SSSR count). The molecule has 32 heavy (non-hydrogen) atoms. The number of aromatic amines is 3. The van der Waals surface area contributed by atoms with E-state index in [4.69, 9.17) is 0 Å². The maximum absolute atomic E-state index is 4.40. The van der Waals surface area contributed by atoms with Crippen LogP contribution in [0.15, 0.2) is 42.9 Å². The lowest BCUT2D eigenvalue weighted by Gasteiger charge is -2.31. The van der Waals surface area contributed by atoms with E-state index in [2.05, 4.69) is 71.7 Å². The van der Waals surface area contributed by atoms with Crippen molar-refractivity contribution in [2.75, 3.05) is 13.1 Å². The highest BCUT2D eigenvalue weighted by molar-refractivity contribution is 5.98. The first-order valence-electron chi connectivity index (χ1n) is 11.3. The Hall–Kier alpha value is -3.52. The summed E-state index contributed by atoms with van der Waals surface area (Å²) in [6, 6.07) is 9.05. The molecular formula is C24H26N8. The molecule has 8 nitrogen and oxygen atoms in total. The van der Waals surface area contributed by atoms with Crippen LogP contribution in [0.4, 0.5) is 0 Å². The third kappa shape index (κ3) is 3.27. The number of nitrogens with zero attached hydrogens (tertiary/aromatic N) is 5. The standard InChI is InChI=1S/C24H26N8/c1-2-18-20-11-16(15-6-9-32(10-7-15)14-17-12-27-31-29-17)3-4-22(20)28-23(18)19-5-8-25-24-21(19)13-26-30-24/h3-5,8,11-13,15,28H,2,6-7,9-10,14H2,1H3,(H,25,26,30)(H,27,29,31). The van der Waals surface area contributed by atoms with Gasteiger partial charge in [-0.15, -0.1) is 0 Å². The minimum absolute atomic E-state index is 0.595. The molecule has 0 radical (unpaired) electrons. The number of hydrogen-bond donors (Lipinski definition) is 3. The average Bonchev–Trinajstić information content (AvgIpc) is 3.58. The number of H-pyrrole nitrogens is 3. The highest BCUT2D eigenvalue weighted by atomic mass is 15.3. The van der Waals surface area contributed by atoms with Gasteiger partial charge in [-0.3, -0.25) is 10.00 Å². The summed E-state index contributed by atoms with van der Waals surface area (Å²) in [5.41, 5.74) is 8.16. The summed E-state index contributed by atoms with van der Waals surface area (Å²) in [4.78, 5) is 10.5. The van der Waals surface area contributed by atoms with Gasteiger partial charge in [-0.1, -0.05) is 13.0 Å². The van der Waals surface area contributed by atoms with Crippen LogP contribution < -0.4 is 0 Å². The van der Waals surface area contributed by atoms with Gasteiger partial charge in [0.1, 0.15) is 0 Å². The van der Waals surface area contributed by atoms with E-state index in [1.54, 1.807) is 0 Å². The van der Waals surface area contributed by atoms with Gasteiger partial charge in [0.25, 0.3) is 0 Å². The molecule has 1 aromatic carbocycles. The molecule has 0 spiro atoms. The second-order valence-corrected chi connectivity index (χ2v) is 8.64. The van der Waals surface area contributed by atoms with Crippen molar-refractivity contribution in [1.29, 1.82) is 0 Å². The number of fused-ring (bicyclic) bond motifs is 2. The SMILES string of the molecule is CCc1c(-c2ccnc3[nH]ncc23)[nH]c2ccc(C3CCN(Cc4cn[nH]n4)CC3)cc12. The predicted octanol–water partition coefficient (Wildman–Crippen LogP) is 4.17. The lowest BCUT2D eigenvalue weighted by molar-refractivity contribution is 0.202. The third-order valence-corrected chi connectivity index (χ3v) is 6.82. The highest BCUT2D eigenvalue weighted by Crippen LogP contribution is 2.37. The van der Waals surface area contributed by atoms with Crippen molar-refractivity contribution in [3.8, 4) is 11.3 Å². The Balaban J connectivity index is 1.29. The van der Waals surface area contributed by atoms with Gasteiger partial charge in [0.05, 0.1) is 23.8 Å². The van der Waals surface area contributed by atoms with E-state index >= 15 is 0 Å². The monoisotopic (exact) mass is 426 g/mol. The van der Waals surface area contributed by atoms with Crippen molar-refractivity contribution in [2.24, 2.45) is 0 Å². The number of likely N-dealkylation sites (tertiary alicyclic amines) is 1. The highest BCUT2D eigenvalue weighted by Gasteiger charge is 2.23. The fourth-order valence-corrected chi connectivity index (χ4v) is 5.14. The summed E-state index contributed by atoms with van der Waals surface area (Å²) >= 11 is 0. The number of aromatic nitrogens is 7. The smallest absolute Gasteiger partial charge is 0.155 e. The van der Waals surface area contributed by atoms with Gasteiger partial charge in [0.2, 0.25) is 0 Å². The molecule has 4 aromatic heterocycles. The summed E-state index contributed by atoms with van der Waals surface area (Å²) in [6.45, 7) is 5.28. The van der Waals surface area contributed by atoms with E-state index in [0.717, 1.165) is 48.3 Å². The molecule has 0 unspecified atom stereocenters. The molecule has 0 amide bonds. The molecule has 1 saturated heterocycles. The Bertz CT molecular complexity index is 1360.